The molecule has 0 saturated carbocycles. The molecule has 0 aliphatic heterocycles. The molecule has 0 aliphatic carbocycles. The van der Waals surface area contributed by atoms with Crippen LogP contribution in [-0.4, -0.2) is 10.9 Å². The molecule has 1 aromatic carbocycles. The zero-order chi connectivity index (χ0) is 15.0. The molecule has 0 atom stereocenters. The van der Waals surface area contributed by atoms with Gasteiger partial charge < -0.3 is 5.32 Å². The highest BCUT2D eigenvalue weighted by Crippen LogP contribution is 2.31. The van der Waals surface area contributed by atoms with E-state index in [4.69, 9.17) is 0 Å². The fourth-order valence-corrected chi connectivity index (χ4v) is 3.98. The van der Waals surface area contributed by atoms with Gasteiger partial charge in [-0.2, -0.15) is 0 Å². The summed E-state index contributed by atoms with van der Waals surface area (Å²) in [7, 11) is 0. The highest BCUT2D eigenvalue weighted by molar-refractivity contribution is 7.21. The van der Waals surface area contributed by atoms with E-state index in [0.29, 0.717) is 11.4 Å². The van der Waals surface area contributed by atoms with Crippen LogP contribution in [0.25, 0.3) is 10.1 Å². The smallest absolute Gasteiger partial charge is 0.261 e. The van der Waals surface area contributed by atoms with Crippen molar-refractivity contribution in [3.63, 3.8) is 0 Å². The Morgan fingerprint density at radius 1 is 1.33 bits per heavy atom. The van der Waals surface area contributed by atoms with Crippen LogP contribution in [0.1, 0.15) is 25.1 Å². The van der Waals surface area contributed by atoms with Crippen molar-refractivity contribution in [3.05, 3.63) is 50.5 Å². The molecule has 3 rings (SSSR count). The number of aromatic nitrogens is 1. The fourth-order valence-electron chi connectivity index (χ4n) is 2.14. The normalized spacial score (nSPS) is 11.0. The first-order valence-corrected chi connectivity index (χ1v) is 8.06. The van der Waals surface area contributed by atoms with Crippen LogP contribution in [0, 0.1) is 19.7 Å². The summed E-state index contributed by atoms with van der Waals surface area (Å²) < 4.78 is 14.2. The zero-order valence-electron chi connectivity index (χ0n) is 11.6. The number of nitrogens with one attached hydrogen (secondary N) is 1. The summed E-state index contributed by atoms with van der Waals surface area (Å²) in [5.74, 6) is -0.407. The maximum Gasteiger partial charge on any atom is 0.261 e. The van der Waals surface area contributed by atoms with E-state index < -0.39 is 0 Å². The number of rotatable bonds is 3. The molecular weight excluding hydrogens is 307 g/mol. The minimum absolute atomic E-state index is 0.125. The molecule has 3 nitrogen and oxygen atoms in total. The highest BCUT2D eigenvalue weighted by Gasteiger charge is 2.15. The summed E-state index contributed by atoms with van der Waals surface area (Å²) >= 11 is 2.95. The lowest BCUT2D eigenvalue weighted by atomic mass is 10.1. The van der Waals surface area contributed by atoms with Gasteiger partial charge in [0.05, 0.1) is 16.4 Å². The third kappa shape index (κ3) is 2.82. The number of fused-ring (bicyclic) bond motifs is 1. The number of thiazole rings is 1. The second-order valence-corrected chi connectivity index (χ2v) is 7.10. The number of amides is 1. The lowest BCUT2D eigenvalue weighted by Gasteiger charge is -2.02. The minimum Gasteiger partial charge on any atom is -0.346 e. The number of carbonyl (C=O) groups is 1. The Kier molecular flexibility index (Phi) is 3.73. The van der Waals surface area contributed by atoms with Crippen LogP contribution in [0.3, 0.4) is 0 Å². The lowest BCUT2D eigenvalue weighted by Crippen LogP contribution is -2.21. The molecule has 0 fully saturated rings. The van der Waals surface area contributed by atoms with Crippen LogP contribution < -0.4 is 5.32 Å². The number of thiophene rings is 1. The predicted molar refractivity (Wildman–Crippen MR) is 84.5 cm³/mol. The van der Waals surface area contributed by atoms with E-state index in [1.807, 2.05) is 13.8 Å². The molecule has 0 radical (unpaired) electrons. The molecular formula is C15H13FN2OS2. The molecule has 0 unspecified atom stereocenters. The molecule has 108 valence electrons. The molecule has 0 saturated heterocycles. The standard InChI is InChI=1S/C15H13FN2OS2/c1-8-12-5-10(16)3-4-13(12)21-14(8)15(19)18-7-11-6-17-9(2)20-11/h3-6H,7H2,1-2H3,(H,18,19). The third-order valence-corrected chi connectivity index (χ3v) is 5.38. The van der Waals surface area contributed by atoms with Crippen LogP contribution in [0.2, 0.25) is 0 Å². The van der Waals surface area contributed by atoms with Crippen molar-refractivity contribution in [2.24, 2.45) is 0 Å². The summed E-state index contributed by atoms with van der Waals surface area (Å²) in [4.78, 5) is 18.1. The fraction of sp³-hybridized carbons (Fsp3) is 0.200. The van der Waals surface area contributed by atoms with Gasteiger partial charge in [-0.05, 0) is 43.0 Å². The van der Waals surface area contributed by atoms with Gasteiger partial charge in [0.25, 0.3) is 5.91 Å². The van der Waals surface area contributed by atoms with Crippen molar-refractivity contribution in [3.8, 4) is 0 Å². The van der Waals surface area contributed by atoms with Gasteiger partial charge in [0, 0.05) is 15.8 Å². The largest absolute Gasteiger partial charge is 0.346 e. The summed E-state index contributed by atoms with van der Waals surface area (Å²) in [5.41, 5.74) is 0.826. The number of nitrogens with zero attached hydrogens (tertiary/aromatic N) is 1. The van der Waals surface area contributed by atoms with E-state index >= 15 is 0 Å². The number of benzene rings is 1. The van der Waals surface area contributed by atoms with Crippen molar-refractivity contribution in [2.45, 2.75) is 20.4 Å². The van der Waals surface area contributed by atoms with E-state index in [-0.39, 0.29) is 11.7 Å². The Labute approximate surface area is 129 Å². The molecule has 21 heavy (non-hydrogen) atoms. The van der Waals surface area contributed by atoms with Crippen molar-refractivity contribution in [1.29, 1.82) is 0 Å². The van der Waals surface area contributed by atoms with Gasteiger partial charge in [-0.25, -0.2) is 9.37 Å². The molecule has 1 amide bonds. The Bertz CT molecular complexity index is 822. The number of halogens is 1. The third-order valence-electron chi connectivity index (χ3n) is 3.20. The van der Waals surface area contributed by atoms with Crippen LogP contribution in [0.15, 0.2) is 24.4 Å². The summed E-state index contributed by atoms with van der Waals surface area (Å²) in [6.45, 7) is 4.25. The Hall–Kier alpha value is -1.79. The number of carbonyl (C=O) groups excluding carboxylic acids is 1. The van der Waals surface area contributed by atoms with Crippen LogP contribution in [0.5, 0.6) is 0 Å². The SMILES string of the molecule is Cc1ncc(CNC(=O)c2sc3ccc(F)cc3c2C)s1. The molecule has 1 N–H and O–H groups in total. The van der Waals surface area contributed by atoms with E-state index in [0.717, 1.165) is 25.5 Å². The van der Waals surface area contributed by atoms with Crippen molar-refractivity contribution in [1.82, 2.24) is 10.3 Å². The van der Waals surface area contributed by atoms with Crippen LogP contribution in [0.4, 0.5) is 4.39 Å². The second kappa shape index (κ2) is 5.54. The topological polar surface area (TPSA) is 42.0 Å². The maximum atomic E-state index is 13.3. The van der Waals surface area contributed by atoms with Gasteiger partial charge in [0.2, 0.25) is 0 Å². The molecule has 6 heteroatoms. The lowest BCUT2D eigenvalue weighted by molar-refractivity contribution is 0.0955. The molecule has 0 bridgehead atoms. The summed E-state index contributed by atoms with van der Waals surface area (Å²) in [6, 6.07) is 4.61. The first-order chi connectivity index (χ1) is 10.0. The van der Waals surface area contributed by atoms with E-state index in [1.165, 1.54) is 23.5 Å². The average molecular weight is 320 g/mol. The number of aryl methyl sites for hydroxylation is 2. The second-order valence-electron chi connectivity index (χ2n) is 4.72. The average Bonchev–Trinajstić information content (AvgIpc) is 3.01. The minimum atomic E-state index is -0.282. The van der Waals surface area contributed by atoms with E-state index in [9.17, 15) is 9.18 Å². The summed E-state index contributed by atoms with van der Waals surface area (Å²) in [6.07, 6.45) is 1.77. The Balaban J connectivity index is 1.82. The summed E-state index contributed by atoms with van der Waals surface area (Å²) in [5, 5.41) is 4.68. The van der Waals surface area contributed by atoms with Gasteiger partial charge in [-0.1, -0.05) is 0 Å². The maximum absolute atomic E-state index is 13.3. The molecule has 2 aromatic heterocycles. The van der Waals surface area contributed by atoms with Gasteiger partial charge in [0.15, 0.2) is 0 Å². The van der Waals surface area contributed by atoms with Gasteiger partial charge in [0.1, 0.15) is 5.82 Å². The number of hydrogen-bond donors (Lipinski definition) is 1. The zero-order valence-corrected chi connectivity index (χ0v) is 13.2. The van der Waals surface area contributed by atoms with Gasteiger partial charge in [-0.15, -0.1) is 22.7 Å². The highest BCUT2D eigenvalue weighted by atomic mass is 32.1. The first-order valence-electron chi connectivity index (χ1n) is 6.43. The van der Waals surface area contributed by atoms with Crippen molar-refractivity contribution < 1.29 is 9.18 Å². The quantitative estimate of drug-likeness (QED) is 0.791. The number of hydrogen-bond acceptors (Lipinski definition) is 4. The van der Waals surface area contributed by atoms with E-state index in [2.05, 4.69) is 10.3 Å². The van der Waals surface area contributed by atoms with Gasteiger partial charge >= 0.3 is 0 Å². The Morgan fingerprint density at radius 3 is 2.86 bits per heavy atom. The van der Waals surface area contributed by atoms with Crippen LogP contribution in [-0.2, 0) is 6.54 Å². The molecule has 3 aromatic rings. The van der Waals surface area contributed by atoms with E-state index in [1.54, 1.807) is 23.6 Å². The molecule has 0 aliphatic rings. The van der Waals surface area contributed by atoms with Crippen molar-refractivity contribution >= 4 is 38.7 Å². The van der Waals surface area contributed by atoms with Crippen LogP contribution >= 0.6 is 22.7 Å². The van der Waals surface area contributed by atoms with Crippen molar-refractivity contribution in [2.75, 3.05) is 0 Å². The molecule has 2 heterocycles. The predicted octanol–water partition coefficient (Wildman–Crippen LogP) is 4.04. The monoisotopic (exact) mass is 320 g/mol. The first kappa shape index (κ1) is 14.2. The Morgan fingerprint density at radius 2 is 2.14 bits per heavy atom. The molecule has 0 spiro atoms. The van der Waals surface area contributed by atoms with Gasteiger partial charge in [-0.3, -0.25) is 4.79 Å².